The molecule has 23 heavy (non-hydrogen) atoms. The van der Waals surface area contributed by atoms with E-state index in [4.69, 9.17) is 0 Å². The Morgan fingerprint density at radius 2 is 2.04 bits per heavy atom. The molecule has 1 unspecified atom stereocenters. The second-order valence-electron chi connectivity index (χ2n) is 6.59. The van der Waals surface area contributed by atoms with Gasteiger partial charge in [0.25, 0.3) is 5.91 Å². The summed E-state index contributed by atoms with van der Waals surface area (Å²) in [6.45, 7) is 2.81. The monoisotopic (exact) mass is 315 g/mol. The molecule has 1 aromatic rings. The highest BCUT2D eigenvalue weighted by molar-refractivity contribution is 6.05. The molecule has 1 saturated carbocycles. The minimum absolute atomic E-state index is 0.0954. The number of nitrogens with one attached hydrogen (secondary N) is 2. The number of hydrogen-bond donors (Lipinski definition) is 2. The summed E-state index contributed by atoms with van der Waals surface area (Å²) >= 11 is 0. The van der Waals surface area contributed by atoms with Gasteiger partial charge in [-0.3, -0.25) is 9.59 Å². The molecular formula is C18H25N3O2. The van der Waals surface area contributed by atoms with E-state index in [-0.39, 0.29) is 17.7 Å². The molecule has 1 heterocycles. The summed E-state index contributed by atoms with van der Waals surface area (Å²) in [4.78, 5) is 26.4. The average molecular weight is 315 g/mol. The topological polar surface area (TPSA) is 61.4 Å². The average Bonchev–Trinajstić information content (AvgIpc) is 3.30. The first-order valence-electron chi connectivity index (χ1n) is 8.52. The van der Waals surface area contributed by atoms with Gasteiger partial charge in [-0.2, -0.15) is 0 Å². The molecule has 0 bridgehead atoms. The van der Waals surface area contributed by atoms with Gasteiger partial charge in [-0.1, -0.05) is 12.1 Å². The molecule has 1 saturated heterocycles. The van der Waals surface area contributed by atoms with Crippen LogP contribution in [0.2, 0.25) is 0 Å². The Balaban J connectivity index is 1.61. The molecule has 0 aromatic heterocycles. The van der Waals surface area contributed by atoms with E-state index in [1.807, 2.05) is 18.2 Å². The number of amides is 2. The van der Waals surface area contributed by atoms with Crippen molar-refractivity contribution in [2.24, 2.45) is 11.8 Å². The molecule has 3 rings (SSSR count). The van der Waals surface area contributed by atoms with Gasteiger partial charge < -0.3 is 15.5 Å². The molecule has 5 heteroatoms. The van der Waals surface area contributed by atoms with Crippen molar-refractivity contribution in [2.45, 2.75) is 25.7 Å². The zero-order valence-electron chi connectivity index (χ0n) is 13.7. The largest absolute Gasteiger partial charge is 0.352 e. The second kappa shape index (κ2) is 7.13. The number of rotatable bonds is 6. The van der Waals surface area contributed by atoms with Gasteiger partial charge >= 0.3 is 0 Å². The number of nitrogens with zero attached hydrogens (tertiary/aromatic N) is 1. The predicted octanol–water partition coefficient (Wildman–Crippen LogP) is 1.79. The van der Waals surface area contributed by atoms with Crippen molar-refractivity contribution < 1.29 is 9.59 Å². The Morgan fingerprint density at radius 3 is 2.74 bits per heavy atom. The molecule has 1 atom stereocenters. The highest BCUT2D eigenvalue weighted by Gasteiger charge is 2.33. The fraction of sp³-hybridized carbons (Fsp3) is 0.556. The third kappa shape index (κ3) is 3.91. The van der Waals surface area contributed by atoms with Crippen LogP contribution in [0, 0.1) is 11.8 Å². The summed E-state index contributed by atoms with van der Waals surface area (Å²) < 4.78 is 0. The summed E-state index contributed by atoms with van der Waals surface area (Å²) in [6.07, 6.45) is 4.11. The first-order valence-corrected chi connectivity index (χ1v) is 8.52. The first-order chi connectivity index (χ1) is 11.2. The summed E-state index contributed by atoms with van der Waals surface area (Å²) in [5.74, 6) is 0.819. The number of benzene rings is 1. The Labute approximate surface area is 137 Å². The second-order valence-corrected chi connectivity index (χ2v) is 6.59. The zero-order valence-corrected chi connectivity index (χ0v) is 13.7. The van der Waals surface area contributed by atoms with Crippen LogP contribution < -0.4 is 15.5 Å². The normalized spacial score (nSPS) is 20.3. The molecule has 5 nitrogen and oxygen atoms in total. The molecule has 2 aliphatic rings. The van der Waals surface area contributed by atoms with Gasteiger partial charge in [-0.25, -0.2) is 0 Å². The van der Waals surface area contributed by atoms with E-state index in [1.165, 1.54) is 6.42 Å². The van der Waals surface area contributed by atoms with E-state index in [0.29, 0.717) is 23.7 Å². The molecular weight excluding hydrogens is 290 g/mol. The van der Waals surface area contributed by atoms with Gasteiger partial charge in [-0.15, -0.1) is 0 Å². The number of hydrogen-bond acceptors (Lipinski definition) is 3. The quantitative estimate of drug-likeness (QED) is 0.841. The molecule has 0 spiro atoms. The first kappa shape index (κ1) is 16.0. The van der Waals surface area contributed by atoms with Gasteiger partial charge in [0.1, 0.15) is 0 Å². The van der Waals surface area contributed by atoms with Gasteiger partial charge in [0.2, 0.25) is 5.91 Å². The standard InChI is InChI=1S/C18H25N3O2/c1-21(18(23)14-6-7-14)16-5-3-2-4-15(16)17(22)20-11-9-13-8-10-19-12-13/h2-5,13-14,19H,6-12H2,1H3,(H,20,22). The summed E-state index contributed by atoms with van der Waals surface area (Å²) in [7, 11) is 1.76. The SMILES string of the molecule is CN(C(=O)C1CC1)c1ccccc1C(=O)NCCC1CCNC1. The maximum absolute atomic E-state index is 12.5. The van der Waals surface area contributed by atoms with E-state index in [9.17, 15) is 9.59 Å². The van der Waals surface area contributed by atoms with Crippen LogP contribution in [0.1, 0.15) is 36.0 Å². The summed E-state index contributed by atoms with van der Waals surface area (Å²) in [6, 6.07) is 7.34. The van der Waals surface area contributed by atoms with Crippen LogP contribution in [0.4, 0.5) is 5.69 Å². The Kier molecular flexibility index (Phi) is 4.96. The van der Waals surface area contributed by atoms with Crippen molar-refractivity contribution >= 4 is 17.5 Å². The molecule has 2 amide bonds. The van der Waals surface area contributed by atoms with Crippen LogP contribution in [0.15, 0.2) is 24.3 Å². The predicted molar refractivity (Wildman–Crippen MR) is 90.5 cm³/mol. The maximum atomic E-state index is 12.5. The summed E-state index contributed by atoms with van der Waals surface area (Å²) in [5.41, 5.74) is 1.28. The Hall–Kier alpha value is -1.88. The van der Waals surface area contributed by atoms with E-state index < -0.39 is 0 Å². The van der Waals surface area contributed by atoms with Crippen molar-refractivity contribution in [3.05, 3.63) is 29.8 Å². The number of carbonyl (C=O) groups excluding carboxylic acids is 2. The lowest BCUT2D eigenvalue weighted by Crippen LogP contribution is -2.32. The number of carbonyl (C=O) groups is 2. The highest BCUT2D eigenvalue weighted by atomic mass is 16.2. The van der Waals surface area contributed by atoms with Crippen molar-refractivity contribution in [1.82, 2.24) is 10.6 Å². The molecule has 124 valence electrons. The molecule has 2 fully saturated rings. The fourth-order valence-electron chi connectivity index (χ4n) is 3.13. The third-order valence-corrected chi connectivity index (χ3v) is 4.77. The minimum atomic E-state index is -0.0954. The molecule has 0 radical (unpaired) electrons. The minimum Gasteiger partial charge on any atom is -0.352 e. The van der Waals surface area contributed by atoms with E-state index >= 15 is 0 Å². The smallest absolute Gasteiger partial charge is 0.253 e. The van der Waals surface area contributed by atoms with Crippen molar-refractivity contribution in [3.63, 3.8) is 0 Å². The number of para-hydroxylation sites is 1. The molecule has 1 aliphatic carbocycles. The van der Waals surface area contributed by atoms with Crippen molar-refractivity contribution in [3.8, 4) is 0 Å². The lowest BCUT2D eigenvalue weighted by molar-refractivity contribution is -0.119. The van der Waals surface area contributed by atoms with E-state index in [1.54, 1.807) is 18.0 Å². The van der Waals surface area contributed by atoms with Crippen LogP contribution in [0.25, 0.3) is 0 Å². The number of anilines is 1. The van der Waals surface area contributed by atoms with Crippen molar-refractivity contribution in [2.75, 3.05) is 31.6 Å². The molecule has 1 aliphatic heterocycles. The molecule has 2 N–H and O–H groups in total. The zero-order chi connectivity index (χ0) is 16.2. The van der Waals surface area contributed by atoms with Crippen LogP contribution >= 0.6 is 0 Å². The van der Waals surface area contributed by atoms with Gasteiger partial charge in [0, 0.05) is 19.5 Å². The van der Waals surface area contributed by atoms with Crippen LogP contribution in [-0.2, 0) is 4.79 Å². The van der Waals surface area contributed by atoms with Crippen LogP contribution in [0.3, 0.4) is 0 Å². The van der Waals surface area contributed by atoms with Crippen LogP contribution in [0.5, 0.6) is 0 Å². The third-order valence-electron chi connectivity index (χ3n) is 4.77. The molecule has 1 aromatic carbocycles. The Bertz CT molecular complexity index is 577. The van der Waals surface area contributed by atoms with Gasteiger partial charge in [0.15, 0.2) is 0 Å². The fourth-order valence-corrected chi connectivity index (χ4v) is 3.13. The lowest BCUT2D eigenvalue weighted by Gasteiger charge is -2.20. The van der Waals surface area contributed by atoms with Gasteiger partial charge in [-0.05, 0) is 56.8 Å². The summed E-state index contributed by atoms with van der Waals surface area (Å²) in [5, 5.41) is 6.34. The lowest BCUT2D eigenvalue weighted by atomic mass is 10.1. The Morgan fingerprint density at radius 1 is 1.26 bits per heavy atom. The highest BCUT2D eigenvalue weighted by Crippen LogP contribution is 2.33. The van der Waals surface area contributed by atoms with Gasteiger partial charge in [0.05, 0.1) is 11.3 Å². The van der Waals surface area contributed by atoms with E-state index in [2.05, 4.69) is 10.6 Å². The van der Waals surface area contributed by atoms with E-state index in [0.717, 1.165) is 32.4 Å². The van der Waals surface area contributed by atoms with Crippen molar-refractivity contribution in [1.29, 1.82) is 0 Å². The maximum Gasteiger partial charge on any atom is 0.253 e. The van der Waals surface area contributed by atoms with Crippen LogP contribution in [-0.4, -0.2) is 38.5 Å².